The lowest BCUT2D eigenvalue weighted by atomic mass is 10.0. The first kappa shape index (κ1) is 19.4. The smallest absolute Gasteiger partial charge is 0.341 e. The number of benzene rings is 2. The molecule has 144 valence electrons. The number of fused-ring (bicyclic) bond motifs is 1. The summed E-state index contributed by atoms with van der Waals surface area (Å²) in [6.07, 6.45) is 9.62. The van der Waals surface area contributed by atoms with Gasteiger partial charge in [-0.25, -0.2) is 4.79 Å². The minimum Gasteiger partial charge on any atom is -0.508 e. The molecule has 6 nitrogen and oxygen atoms in total. The largest absolute Gasteiger partial charge is 0.508 e. The first-order chi connectivity index (χ1) is 13.7. The number of carbonyl (C=O) groups is 1. The van der Waals surface area contributed by atoms with E-state index in [0.29, 0.717) is 12.0 Å². The summed E-state index contributed by atoms with van der Waals surface area (Å²) < 4.78 is 5.77. The van der Waals surface area contributed by atoms with E-state index in [1.165, 1.54) is 12.1 Å². The predicted octanol–water partition coefficient (Wildman–Crippen LogP) is 5.03. The van der Waals surface area contributed by atoms with Crippen molar-refractivity contribution in [2.75, 3.05) is 0 Å². The molecule has 0 aromatic heterocycles. The summed E-state index contributed by atoms with van der Waals surface area (Å²) in [4.78, 5) is 24.3. The van der Waals surface area contributed by atoms with Crippen LogP contribution in [0.25, 0.3) is 0 Å². The number of phenolic OH excluding ortho intramolecular Hbond substituents is 1. The maximum atomic E-state index is 13.0. The van der Waals surface area contributed by atoms with Crippen LogP contribution < -0.4 is 5.32 Å². The maximum absolute atomic E-state index is 13.0. The van der Waals surface area contributed by atoms with Crippen molar-refractivity contribution in [1.82, 2.24) is 5.32 Å². The van der Waals surface area contributed by atoms with Crippen molar-refractivity contribution < 1.29 is 14.6 Å². The van der Waals surface area contributed by atoms with Crippen molar-refractivity contribution in [1.29, 1.82) is 0 Å². The van der Waals surface area contributed by atoms with Gasteiger partial charge < -0.3 is 15.2 Å². The molecular formula is C22H22N2O4. The van der Waals surface area contributed by atoms with Crippen LogP contribution in [-0.2, 0) is 11.3 Å². The molecule has 28 heavy (non-hydrogen) atoms. The highest BCUT2D eigenvalue weighted by Crippen LogP contribution is 2.32. The fourth-order valence-corrected chi connectivity index (χ4v) is 3.09. The van der Waals surface area contributed by atoms with Crippen LogP contribution in [0.3, 0.4) is 0 Å². The van der Waals surface area contributed by atoms with Crippen LogP contribution in [0, 0.1) is 4.91 Å². The van der Waals surface area contributed by atoms with Gasteiger partial charge in [-0.1, -0.05) is 48.6 Å². The Labute approximate surface area is 163 Å². The molecule has 2 aromatic rings. The zero-order valence-corrected chi connectivity index (χ0v) is 15.4. The van der Waals surface area contributed by atoms with Gasteiger partial charge in [-0.05, 0) is 41.4 Å². The number of nitrogens with one attached hydrogen (secondary N) is 1. The minimum absolute atomic E-state index is 0.0654. The molecule has 1 aliphatic rings. The summed E-state index contributed by atoms with van der Waals surface area (Å²) >= 11 is 0. The van der Waals surface area contributed by atoms with Crippen LogP contribution >= 0.6 is 0 Å². The molecule has 0 unspecified atom stereocenters. The topological polar surface area (TPSA) is 88.0 Å². The van der Waals surface area contributed by atoms with Gasteiger partial charge in [-0.2, -0.15) is 0 Å². The molecule has 1 heterocycles. The molecule has 0 saturated carbocycles. The molecule has 0 aliphatic carbocycles. The Morgan fingerprint density at radius 1 is 1.07 bits per heavy atom. The third kappa shape index (κ3) is 4.85. The fraction of sp³-hybridized carbons (Fsp3) is 0.227. The lowest BCUT2D eigenvalue weighted by Crippen LogP contribution is -2.16. The molecule has 0 amide bonds. The molecule has 0 bridgehead atoms. The molecule has 1 aliphatic heterocycles. The summed E-state index contributed by atoms with van der Waals surface area (Å²) in [6.45, 7) is 0.254. The molecule has 2 aromatic carbocycles. The van der Waals surface area contributed by atoms with Gasteiger partial charge >= 0.3 is 5.97 Å². The molecule has 3 rings (SSSR count). The van der Waals surface area contributed by atoms with Crippen LogP contribution in [0.15, 0.2) is 72.1 Å². The normalized spacial score (nSPS) is 20.0. The number of cyclic esters (lactones) is 1. The van der Waals surface area contributed by atoms with E-state index in [4.69, 9.17) is 4.74 Å². The monoisotopic (exact) mass is 378 g/mol. The molecule has 1 atom stereocenters. The number of aromatic hydroxyl groups is 1. The number of carbonyl (C=O) groups excluding carboxylic acids is 1. The van der Waals surface area contributed by atoms with Crippen molar-refractivity contribution >= 4 is 11.7 Å². The van der Waals surface area contributed by atoms with E-state index in [-0.39, 0.29) is 23.5 Å². The van der Waals surface area contributed by atoms with Crippen LogP contribution in [-0.4, -0.2) is 11.1 Å². The Morgan fingerprint density at radius 2 is 1.86 bits per heavy atom. The maximum Gasteiger partial charge on any atom is 0.341 e. The van der Waals surface area contributed by atoms with Crippen molar-refractivity contribution in [3.63, 3.8) is 0 Å². The zero-order valence-electron chi connectivity index (χ0n) is 15.4. The van der Waals surface area contributed by atoms with Gasteiger partial charge in [0.25, 0.3) is 0 Å². The number of nitroso groups, excluding NO2 is 1. The second-order valence-corrected chi connectivity index (χ2v) is 6.46. The summed E-state index contributed by atoms with van der Waals surface area (Å²) in [5, 5.41) is 15.9. The molecular weight excluding hydrogens is 356 g/mol. The average molecular weight is 378 g/mol. The number of phenols is 1. The van der Waals surface area contributed by atoms with E-state index in [2.05, 4.69) is 16.6 Å². The van der Waals surface area contributed by atoms with Crippen LogP contribution in [0.4, 0.5) is 5.69 Å². The number of allylic oxidation sites excluding steroid dienone is 2. The van der Waals surface area contributed by atoms with Gasteiger partial charge in [0.15, 0.2) is 0 Å². The lowest BCUT2D eigenvalue weighted by Gasteiger charge is -2.19. The second kappa shape index (κ2) is 9.50. The standard InChI is InChI=1S/C22H22N2O4/c25-18-13-17-15-23-12-8-3-1-2-7-11-20(16-9-5-4-6-10-16)28-22(26)21(17)19(14-18)24-27/h2,4-10,12-14,20,23,25H,1,3,11,15H2/b7-2+,12-8+/t20-/m1/s1. The minimum atomic E-state index is -0.644. The van der Waals surface area contributed by atoms with E-state index in [0.717, 1.165) is 18.4 Å². The van der Waals surface area contributed by atoms with E-state index >= 15 is 0 Å². The Bertz CT molecular complexity index is 891. The van der Waals surface area contributed by atoms with Gasteiger partial charge in [0.2, 0.25) is 0 Å². The predicted molar refractivity (Wildman–Crippen MR) is 107 cm³/mol. The van der Waals surface area contributed by atoms with Crippen molar-refractivity contribution in [3.8, 4) is 5.75 Å². The first-order valence-electron chi connectivity index (χ1n) is 9.17. The number of esters is 1. The molecule has 0 saturated heterocycles. The molecule has 0 fully saturated rings. The quantitative estimate of drug-likeness (QED) is 0.435. The molecule has 0 spiro atoms. The number of hydrogen-bond acceptors (Lipinski definition) is 6. The molecule has 6 heteroatoms. The summed E-state index contributed by atoms with van der Waals surface area (Å²) in [6, 6.07) is 12.1. The number of hydrogen-bond donors (Lipinski definition) is 2. The van der Waals surface area contributed by atoms with Crippen molar-refractivity contribution in [2.45, 2.75) is 31.9 Å². The highest BCUT2D eigenvalue weighted by Gasteiger charge is 2.24. The van der Waals surface area contributed by atoms with Gasteiger partial charge in [0, 0.05) is 19.0 Å². The zero-order chi connectivity index (χ0) is 19.8. The Morgan fingerprint density at radius 3 is 2.64 bits per heavy atom. The van der Waals surface area contributed by atoms with E-state index in [1.54, 1.807) is 6.20 Å². The van der Waals surface area contributed by atoms with Crippen LogP contribution in [0.1, 0.15) is 46.9 Å². The SMILES string of the molecule is O=Nc1cc(O)cc2c1C(=O)O[C@@H](c1ccccc1)C/C=C/CC/C=C/NC2. The van der Waals surface area contributed by atoms with Crippen LogP contribution in [0.5, 0.6) is 5.75 Å². The van der Waals surface area contributed by atoms with Crippen molar-refractivity contribution in [3.05, 3.63) is 88.5 Å². The first-order valence-corrected chi connectivity index (χ1v) is 9.17. The second-order valence-electron chi connectivity index (χ2n) is 6.46. The number of rotatable bonds is 2. The fourth-order valence-electron chi connectivity index (χ4n) is 3.09. The van der Waals surface area contributed by atoms with Gasteiger partial charge in [-0.3, -0.25) is 0 Å². The number of nitrogens with zero attached hydrogens (tertiary/aromatic N) is 1. The van der Waals surface area contributed by atoms with Crippen LogP contribution in [0.2, 0.25) is 0 Å². The Kier molecular flexibility index (Phi) is 6.57. The van der Waals surface area contributed by atoms with E-state index in [9.17, 15) is 14.8 Å². The average Bonchev–Trinajstić information content (AvgIpc) is 2.71. The van der Waals surface area contributed by atoms with E-state index < -0.39 is 12.1 Å². The highest BCUT2D eigenvalue weighted by molar-refractivity contribution is 5.97. The van der Waals surface area contributed by atoms with Gasteiger partial charge in [0.05, 0.1) is 5.56 Å². The third-order valence-electron chi connectivity index (χ3n) is 4.45. The van der Waals surface area contributed by atoms with Crippen molar-refractivity contribution in [2.24, 2.45) is 5.18 Å². The number of ether oxygens (including phenoxy) is 1. The summed E-state index contributed by atoms with van der Waals surface area (Å²) in [5.41, 5.74) is 1.24. The molecule has 0 radical (unpaired) electrons. The highest BCUT2D eigenvalue weighted by atomic mass is 16.5. The van der Waals surface area contributed by atoms with Gasteiger partial charge in [0.1, 0.15) is 17.5 Å². The summed E-state index contributed by atoms with van der Waals surface area (Å²) in [7, 11) is 0. The Hall–Kier alpha value is -3.41. The summed E-state index contributed by atoms with van der Waals surface area (Å²) in [5.74, 6) is -0.773. The Balaban J connectivity index is 2.01. The van der Waals surface area contributed by atoms with E-state index in [1.807, 2.05) is 42.5 Å². The lowest BCUT2D eigenvalue weighted by molar-refractivity contribution is 0.0303. The molecule has 2 N–H and O–H groups in total. The third-order valence-corrected chi connectivity index (χ3v) is 4.45. The van der Waals surface area contributed by atoms with Gasteiger partial charge in [-0.15, -0.1) is 4.91 Å².